The average Bonchev–Trinajstić information content (AvgIpc) is 2.83. The summed E-state index contributed by atoms with van der Waals surface area (Å²) in [6.45, 7) is 0. The highest BCUT2D eigenvalue weighted by Gasteiger charge is 2.74. The number of hydrogen-bond donors (Lipinski definition) is 0. The quantitative estimate of drug-likeness (QED) is 0.484. The van der Waals surface area contributed by atoms with Crippen molar-refractivity contribution in [3.63, 3.8) is 0 Å². The number of epoxide rings is 1. The van der Waals surface area contributed by atoms with E-state index in [9.17, 15) is 9.59 Å². The molecule has 10 atom stereocenters. The second-order valence-corrected chi connectivity index (χ2v) is 7.48. The van der Waals surface area contributed by atoms with Crippen LogP contribution in [0, 0.1) is 47.3 Å². The predicted molar refractivity (Wildman–Crippen MR) is 65.0 cm³/mol. The van der Waals surface area contributed by atoms with Crippen LogP contribution in [0.1, 0.15) is 12.8 Å². The summed E-state index contributed by atoms with van der Waals surface area (Å²) in [7, 11) is 0. The molecule has 4 saturated carbocycles. The van der Waals surface area contributed by atoms with Crippen LogP contribution in [-0.2, 0) is 14.3 Å². The molecule has 3 heteroatoms. The number of carbonyl (C=O) groups is 2. The number of ether oxygens (including phenoxy) is 1. The number of rotatable bonds is 0. The maximum absolute atomic E-state index is 12.9. The smallest absolute Gasteiger partial charge is 0.141 e. The molecule has 0 aromatic rings. The van der Waals surface area contributed by atoms with Crippen molar-refractivity contribution in [1.82, 2.24) is 0 Å². The molecular weight excluding hydrogens is 240 g/mol. The first-order valence-corrected chi connectivity index (χ1v) is 7.67. The number of carbonyl (C=O) groups excluding carboxylic acids is 2. The lowest BCUT2D eigenvalue weighted by Gasteiger charge is -2.40. The van der Waals surface area contributed by atoms with E-state index in [0.717, 1.165) is 12.8 Å². The molecule has 0 aromatic heterocycles. The monoisotopic (exact) mass is 256 g/mol. The Balaban J connectivity index is 1.50. The van der Waals surface area contributed by atoms with Crippen LogP contribution in [0.25, 0.3) is 0 Å². The molecular formula is C16H16O3. The van der Waals surface area contributed by atoms with Gasteiger partial charge in [-0.2, -0.15) is 0 Å². The molecule has 6 rings (SSSR count). The molecule has 5 aliphatic carbocycles. The van der Waals surface area contributed by atoms with Crippen LogP contribution in [0.2, 0.25) is 0 Å². The molecule has 0 radical (unpaired) electrons. The topological polar surface area (TPSA) is 46.7 Å². The Morgan fingerprint density at radius 1 is 0.789 bits per heavy atom. The fourth-order valence-electron chi connectivity index (χ4n) is 6.46. The molecule has 0 amide bonds. The summed E-state index contributed by atoms with van der Waals surface area (Å²) in [5.41, 5.74) is 0. The van der Waals surface area contributed by atoms with Crippen molar-refractivity contribution in [3.05, 3.63) is 12.2 Å². The van der Waals surface area contributed by atoms with Crippen molar-refractivity contribution in [2.45, 2.75) is 25.0 Å². The highest BCUT2D eigenvalue weighted by molar-refractivity contribution is 6.02. The van der Waals surface area contributed by atoms with Gasteiger partial charge in [-0.05, 0) is 36.5 Å². The van der Waals surface area contributed by atoms with Crippen LogP contribution < -0.4 is 0 Å². The van der Waals surface area contributed by atoms with E-state index in [1.165, 1.54) is 0 Å². The molecule has 98 valence electrons. The second-order valence-electron chi connectivity index (χ2n) is 7.48. The molecule has 4 bridgehead atoms. The van der Waals surface area contributed by atoms with Gasteiger partial charge in [0.25, 0.3) is 0 Å². The maximum atomic E-state index is 12.9. The Bertz CT molecular complexity index is 518. The van der Waals surface area contributed by atoms with Crippen LogP contribution in [0.5, 0.6) is 0 Å². The lowest BCUT2D eigenvalue weighted by Crippen LogP contribution is -2.52. The molecule has 0 aromatic carbocycles. The van der Waals surface area contributed by atoms with E-state index in [1.54, 1.807) is 0 Å². The summed E-state index contributed by atoms with van der Waals surface area (Å²) in [5.74, 6) is 2.43. The van der Waals surface area contributed by atoms with E-state index in [4.69, 9.17) is 4.74 Å². The highest BCUT2D eigenvalue weighted by atomic mass is 16.6. The minimum absolute atomic E-state index is 0.0234. The minimum Gasteiger partial charge on any atom is -0.369 e. The van der Waals surface area contributed by atoms with Gasteiger partial charge in [0.05, 0.1) is 12.2 Å². The fourth-order valence-corrected chi connectivity index (χ4v) is 6.46. The van der Waals surface area contributed by atoms with Crippen LogP contribution in [0.15, 0.2) is 12.2 Å². The van der Waals surface area contributed by atoms with Crippen molar-refractivity contribution >= 4 is 11.6 Å². The Morgan fingerprint density at radius 3 is 1.84 bits per heavy atom. The predicted octanol–water partition coefficient (Wildman–Crippen LogP) is 1.23. The molecule has 5 fully saturated rings. The minimum atomic E-state index is 0.0234. The summed E-state index contributed by atoms with van der Waals surface area (Å²) in [4.78, 5) is 25.9. The van der Waals surface area contributed by atoms with Gasteiger partial charge in [0.1, 0.15) is 11.6 Å². The standard InChI is InChI=1S/C16H16O3/c17-13-9-5-1-2-6(3-5)10(9)14(18)12-8-4-7(11(12)13)15-16(8)19-15/h1-2,5-12,15-16H,3-4H2/t5-,6+,7-,8-,9+,10+,11+,12-,15+,16+/m0/s1. The van der Waals surface area contributed by atoms with Gasteiger partial charge in [-0.1, -0.05) is 12.2 Å². The van der Waals surface area contributed by atoms with E-state index in [-0.39, 0.29) is 23.7 Å². The third-order valence-electron chi connectivity index (χ3n) is 7.03. The van der Waals surface area contributed by atoms with Gasteiger partial charge in [-0.25, -0.2) is 0 Å². The van der Waals surface area contributed by atoms with E-state index in [1.807, 2.05) is 0 Å². The van der Waals surface area contributed by atoms with Crippen molar-refractivity contribution in [3.8, 4) is 0 Å². The summed E-state index contributed by atoms with van der Waals surface area (Å²) >= 11 is 0. The Labute approximate surface area is 111 Å². The molecule has 0 N–H and O–H groups in total. The van der Waals surface area contributed by atoms with Crippen molar-refractivity contribution < 1.29 is 14.3 Å². The number of fused-ring (bicyclic) bond motifs is 13. The summed E-state index contributed by atoms with van der Waals surface area (Å²) in [6, 6.07) is 0. The van der Waals surface area contributed by atoms with Crippen LogP contribution in [0.4, 0.5) is 0 Å². The highest BCUT2D eigenvalue weighted by Crippen LogP contribution is 2.67. The summed E-state index contributed by atoms with van der Waals surface area (Å²) < 4.78 is 5.70. The SMILES string of the molecule is O=C1[C@H]2[C@@H]3C[C@H]([C@H]4O[C@H]34)[C@H]2C(=O)[C@H]2[C@H]1[C@@H]1C=C[C@H]2C1. The molecule has 1 saturated heterocycles. The van der Waals surface area contributed by atoms with E-state index < -0.39 is 0 Å². The van der Waals surface area contributed by atoms with Crippen molar-refractivity contribution in [1.29, 1.82) is 0 Å². The fraction of sp³-hybridized carbons (Fsp3) is 0.750. The molecule has 3 nitrogen and oxygen atoms in total. The normalized spacial score (nSPS) is 66.3. The largest absolute Gasteiger partial charge is 0.369 e. The van der Waals surface area contributed by atoms with E-state index >= 15 is 0 Å². The Kier molecular flexibility index (Phi) is 1.42. The van der Waals surface area contributed by atoms with Gasteiger partial charge in [-0.15, -0.1) is 0 Å². The first kappa shape index (κ1) is 9.87. The van der Waals surface area contributed by atoms with Crippen molar-refractivity contribution in [2.75, 3.05) is 0 Å². The van der Waals surface area contributed by atoms with Gasteiger partial charge in [0.15, 0.2) is 0 Å². The number of ketones is 2. The molecule has 1 heterocycles. The lowest BCUT2D eigenvalue weighted by atomic mass is 9.59. The van der Waals surface area contributed by atoms with Gasteiger partial charge in [0.2, 0.25) is 0 Å². The van der Waals surface area contributed by atoms with Crippen molar-refractivity contribution in [2.24, 2.45) is 47.3 Å². The molecule has 1 aliphatic heterocycles. The second kappa shape index (κ2) is 2.73. The van der Waals surface area contributed by atoms with Crippen LogP contribution in [-0.4, -0.2) is 23.8 Å². The number of Topliss-reactive ketones (excluding diaryl/α,β-unsaturated/α-hetero) is 2. The lowest BCUT2D eigenvalue weighted by molar-refractivity contribution is -0.149. The zero-order chi connectivity index (χ0) is 12.5. The maximum Gasteiger partial charge on any atom is 0.141 e. The third kappa shape index (κ3) is 0.884. The number of hydrogen-bond acceptors (Lipinski definition) is 3. The Morgan fingerprint density at radius 2 is 1.32 bits per heavy atom. The van der Waals surface area contributed by atoms with E-state index in [0.29, 0.717) is 47.4 Å². The Hall–Kier alpha value is -0.960. The zero-order valence-electron chi connectivity index (χ0n) is 10.6. The van der Waals surface area contributed by atoms with Gasteiger partial charge in [0, 0.05) is 23.7 Å². The van der Waals surface area contributed by atoms with Crippen LogP contribution in [0.3, 0.4) is 0 Å². The molecule has 19 heavy (non-hydrogen) atoms. The first-order chi connectivity index (χ1) is 9.25. The van der Waals surface area contributed by atoms with Gasteiger partial charge in [-0.3, -0.25) is 9.59 Å². The molecule has 0 spiro atoms. The van der Waals surface area contributed by atoms with Crippen LogP contribution >= 0.6 is 0 Å². The zero-order valence-corrected chi connectivity index (χ0v) is 10.6. The average molecular weight is 256 g/mol. The van der Waals surface area contributed by atoms with Gasteiger partial charge < -0.3 is 4.74 Å². The third-order valence-corrected chi connectivity index (χ3v) is 7.03. The number of allylic oxidation sites excluding steroid dienone is 2. The first-order valence-electron chi connectivity index (χ1n) is 7.67. The van der Waals surface area contributed by atoms with E-state index in [2.05, 4.69) is 12.2 Å². The summed E-state index contributed by atoms with van der Waals surface area (Å²) in [5, 5.41) is 0. The summed E-state index contributed by atoms with van der Waals surface area (Å²) in [6.07, 6.45) is 7.17. The molecule has 0 unspecified atom stereocenters. The van der Waals surface area contributed by atoms with Gasteiger partial charge >= 0.3 is 0 Å². The molecule has 6 aliphatic rings.